The molecular weight excluding hydrogens is 228 g/mol. The van der Waals surface area contributed by atoms with Gasteiger partial charge in [-0.2, -0.15) is 0 Å². The van der Waals surface area contributed by atoms with Crippen LogP contribution in [0.4, 0.5) is 0 Å². The molecular formula is C13H22N4O. The van der Waals surface area contributed by atoms with Crippen molar-refractivity contribution in [2.24, 2.45) is 5.73 Å². The highest BCUT2D eigenvalue weighted by atomic mass is 16.5. The Morgan fingerprint density at radius 1 is 1.33 bits per heavy atom. The molecule has 0 amide bonds. The molecule has 1 fully saturated rings. The predicted molar refractivity (Wildman–Crippen MR) is 71.6 cm³/mol. The molecule has 18 heavy (non-hydrogen) atoms. The van der Waals surface area contributed by atoms with Crippen LogP contribution in [0, 0.1) is 0 Å². The second-order valence-corrected chi connectivity index (χ2v) is 4.50. The van der Waals surface area contributed by atoms with E-state index in [9.17, 15) is 0 Å². The first-order chi connectivity index (χ1) is 8.88. The van der Waals surface area contributed by atoms with Crippen molar-refractivity contribution < 1.29 is 4.74 Å². The van der Waals surface area contributed by atoms with Crippen molar-refractivity contribution in [3.05, 3.63) is 23.9 Å². The smallest absolute Gasteiger partial charge is 0.213 e. The maximum Gasteiger partial charge on any atom is 0.213 e. The van der Waals surface area contributed by atoms with Crippen LogP contribution in [-0.2, 0) is 6.54 Å². The lowest BCUT2D eigenvalue weighted by molar-refractivity contribution is 0.211. The minimum atomic E-state index is 0.524. The van der Waals surface area contributed by atoms with Gasteiger partial charge in [-0.15, -0.1) is 0 Å². The number of nitrogens with zero attached hydrogens (tertiary/aromatic N) is 2. The second kappa shape index (κ2) is 7.31. The molecule has 0 unspecified atom stereocenters. The number of nitrogens with two attached hydrogens (primary N) is 1. The molecule has 100 valence electrons. The van der Waals surface area contributed by atoms with Gasteiger partial charge in [-0.3, -0.25) is 0 Å². The molecule has 0 radical (unpaired) electrons. The summed E-state index contributed by atoms with van der Waals surface area (Å²) in [7, 11) is 0. The first-order valence-electron chi connectivity index (χ1n) is 6.59. The molecule has 0 atom stereocenters. The Morgan fingerprint density at radius 2 is 2.17 bits per heavy atom. The molecule has 0 bridgehead atoms. The van der Waals surface area contributed by atoms with Gasteiger partial charge in [0.05, 0.1) is 6.61 Å². The number of nitrogens with one attached hydrogen (secondary N) is 1. The lowest BCUT2D eigenvalue weighted by Crippen LogP contribution is -2.43. The fourth-order valence-electron chi connectivity index (χ4n) is 2.02. The average molecular weight is 250 g/mol. The molecule has 1 saturated heterocycles. The zero-order valence-electron chi connectivity index (χ0n) is 10.8. The highest BCUT2D eigenvalue weighted by molar-refractivity contribution is 5.17. The minimum Gasteiger partial charge on any atom is -0.478 e. The van der Waals surface area contributed by atoms with Gasteiger partial charge in [-0.25, -0.2) is 4.98 Å². The lowest BCUT2D eigenvalue weighted by atomic mass is 10.3. The molecule has 0 aromatic carbocycles. The normalized spacial score (nSPS) is 16.7. The number of ether oxygens (including phenoxy) is 1. The highest BCUT2D eigenvalue weighted by Crippen LogP contribution is 2.07. The van der Waals surface area contributed by atoms with Crippen molar-refractivity contribution in [3.63, 3.8) is 0 Å². The number of hydrogen-bond donors (Lipinski definition) is 2. The number of pyridine rings is 1. The Morgan fingerprint density at radius 3 is 2.83 bits per heavy atom. The van der Waals surface area contributed by atoms with Gasteiger partial charge in [0.1, 0.15) is 0 Å². The molecule has 0 aliphatic carbocycles. The maximum absolute atomic E-state index is 5.60. The van der Waals surface area contributed by atoms with Gasteiger partial charge < -0.3 is 20.7 Å². The Kier molecular flexibility index (Phi) is 5.38. The fraction of sp³-hybridized carbons (Fsp3) is 0.615. The van der Waals surface area contributed by atoms with E-state index in [0.717, 1.165) is 51.3 Å². The third kappa shape index (κ3) is 4.25. The minimum absolute atomic E-state index is 0.524. The molecule has 5 nitrogen and oxygen atoms in total. The molecule has 2 rings (SSSR count). The highest BCUT2D eigenvalue weighted by Gasteiger charge is 2.08. The van der Waals surface area contributed by atoms with Crippen LogP contribution in [0.2, 0.25) is 0 Å². The van der Waals surface area contributed by atoms with Crippen LogP contribution < -0.4 is 15.8 Å². The summed E-state index contributed by atoms with van der Waals surface area (Å²) in [6, 6.07) is 3.84. The van der Waals surface area contributed by atoms with Crippen LogP contribution in [0.5, 0.6) is 5.88 Å². The van der Waals surface area contributed by atoms with E-state index in [-0.39, 0.29) is 0 Å². The van der Waals surface area contributed by atoms with Crippen molar-refractivity contribution in [1.29, 1.82) is 0 Å². The van der Waals surface area contributed by atoms with Gasteiger partial charge in [-0.1, -0.05) is 6.07 Å². The summed E-state index contributed by atoms with van der Waals surface area (Å²) in [4.78, 5) is 6.67. The van der Waals surface area contributed by atoms with E-state index in [1.165, 1.54) is 0 Å². The maximum atomic E-state index is 5.60. The third-order valence-electron chi connectivity index (χ3n) is 3.11. The Hall–Kier alpha value is -1.17. The number of rotatable bonds is 6. The van der Waals surface area contributed by atoms with Crippen LogP contribution in [0.3, 0.4) is 0 Å². The SMILES string of the molecule is NCc1ccc(OCCCN2CCNCC2)nc1. The summed E-state index contributed by atoms with van der Waals surface area (Å²) in [5.41, 5.74) is 6.54. The van der Waals surface area contributed by atoms with E-state index < -0.39 is 0 Å². The zero-order valence-corrected chi connectivity index (χ0v) is 10.8. The van der Waals surface area contributed by atoms with Gasteiger partial charge in [-0.05, 0) is 12.0 Å². The summed E-state index contributed by atoms with van der Waals surface area (Å²) in [5.74, 6) is 0.688. The largest absolute Gasteiger partial charge is 0.478 e. The topological polar surface area (TPSA) is 63.4 Å². The zero-order chi connectivity index (χ0) is 12.6. The van der Waals surface area contributed by atoms with Gasteiger partial charge in [0.2, 0.25) is 5.88 Å². The van der Waals surface area contributed by atoms with E-state index in [4.69, 9.17) is 10.5 Å². The number of aromatic nitrogens is 1. The molecule has 1 aliphatic rings. The van der Waals surface area contributed by atoms with Crippen molar-refractivity contribution in [1.82, 2.24) is 15.2 Å². The van der Waals surface area contributed by atoms with E-state index in [1.54, 1.807) is 6.20 Å². The molecule has 5 heteroatoms. The summed E-state index contributed by atoms with van der Waals surface area (Å²) in [6.07, 6.45) is 2.81. The first kappa shape index (κ1) is 13.3. The van der Waals surface area contributed by atoms with Crippen molar-refractivity contribution >= 4 is 0 Å². The summed E-state index contributed by atoms with van der Waals surface area (Å²) >= 11 is 0. The average Bonchev–Trinajstić information content (AvgIpc) is 2.45. The van der Waals surface area contributed by atoms with Crippen LogP contribution in [0.15, 0.2) is 18.3 Å². The monoisotopic (exact) mass is 250 g/mol. The summed E-state index contributed by atoms with van der Waals surface area (Å²) < 4.78 is 5.60. The fourth-order valence-corrected chi connectivity index (χ4v) is 2.02. The van der Waals surface area contributed by atoms with Crippen LogP contribution in [-0.4, -0.2) is 49.2 Å². The molecule has 0 saturated carbocycles. The van der Waals surface area contributed by atoms with Crippen LogP contribution >= 0.6 is 0 Å². The molecule has 1 aromatic rings. The number of hydrogen-bond acceptors (Lipinski definition) is 5. The molecule has 1 aromatic heterocycles. The van der Waals surface area contributed by atoms with Gasteiger partial charge in [0, 0.05) is 51.5 Å². The van der Waals surface area contributed by atoms with Crippen LogP contribution in [0.1, 0.15) is 12.0 Å². The van der Waals surface area contributed by atoms with Crippen molar-refractivity contribution in [2.45, 2.75) is 13.0 Å². The van der Waals surface area contributed by atoms with E-state index >= 15 is 0 Å². The number of piperazine rings is 1. The van der Waals surface area contributed by atoms with Gasteiger partial charge in [0.15, 0.2) is 0 Å². The summed E-state index contributed by atoms with van der Waals surface area (Å²) in [6.45, 7) is 6.83. The lowest BCUT2D eigenvalue weighted by Gasteiger charge is -2.26. The van der Waals surface area contributed by atoms with Crippen molar-refractivity contribution in [3.8, 4) is 5.88 Å². The Balaban J connectivity index is 1.62. The van der Waals surface area contributed by atoms with E-state index in [1.807, 2.05) is 12.1 Å². The van der Waals surface area contributed by atoms with Gasteiger partial charge >= 0.3 is 0 Å². The standard InChI is InChI=1S/C13H22N4O/c14-10-12-2-3-13(16-11-12)18-9-1-6-17-7-4-15-5-8-17/h2-3,11,15H,1,4-10,14H2. The van der Waals surface area contributed by atoms with Crippen molar-refractivity contribution in [2.75, 3.05) is 39.3 Å². The second-order valence-electron chi connectivity index (χ2n) is 4.50. The quantitative estimate of drug-likeness (QED) is 0.707. The van der Waals surface area contributed by atoms with E-state index in [0.29, 0.717) is 12.4 Å². The van der Waals surface area contributed by atoms with E-state index in [2.05, 4.69) is 15.2 Å². The van der Waals surface area contributed by atoms with Crippen LogP contribution in [0.25, 0.3) is 0 Å². The van der Waals surface area contributed by atoms with Gasteiger partial charge in [0.25, 0.3) is 0 Å². The third-order valence-corrected chi connectivity index (χ3v) is 3.11. The summed E-state index contributed by atoms with van der Waals surface area (Å²) in [5, 5.41) is 3.35. The molecule has 3 N–H and O–H groups in total. The first-order valence-corrected chi connectivity index (χ1v) is 6.59. The Bertz CT molecular complexity index is 335. The molecule has 1 aliphatic heterocycles. The molecule has 2 heterocycles. The molecule has 0 spiro atoms. The predicted octanol–water partition coefficient (Wildman–Crippen LogP) is 0.214. The Labute approximate surface area is 108 Å².